The van der Waals surface area contributed by atoms with Gasteiger partial charge in [-0.25, -0.2) is 8.42 Å². The largest absolute Gasteiger partial charge is 0.495 e. The number of carbonyl (C=O) groups excluding carboxylic acids is 1. The van der Waals surface area contributed by atoms with Crippen molar-refractivity contribution in [2.24, 2.45) is 0 Å². The summed E-state index contributed by atoms with van der Waals surface area (Å²) in [4.78, 5) is 12.7. The van der Waals surface area contributed by atoms with E-state index < -0.39 is 22.5 Å². The second-order valence-electron chi connectivity index (χ2n) is 6.90. The van der Waals surface area contributed by atoms with Gasteiger partial charge in [-0.2, -0.15) is 0 Å². The van der Waals surface area contributed by atoms with Crippen molar-refractivity contribution in [1.82, 2.24) is 0 Å². The number of hydrogen-bond donors (Lipinski definition) is 1. The molecule has 0 aromatic heterocycles. The molecule has 1 amide bonds. The number of hydrogen-bond acceptors (Lipinski definition) is 5. The molecule has 7 nitrogen and oxygen atoms in total. The number of methoxy groups -OCH3 is 2. The van der Waals surface area contributed by atoms with Gasteiger partial charge in [0.15, 0.2) is 0 Å². The third kappa shape index (κ3) is 5.15. The zero-order valence-corrected chi connectivity index (χ0v) is 19.4. The molecule has 0 radical (unpaired) electrons. The van der Waals surface area contributed by atoms with E-state index in [0.29, 0.717) is 11.4 Å². The Hall–Kier alpha value is -3.23. The average Bonchev–Trinajstić information content (AvgIpc) is 2.78. The summed E-state index contributed by atoms with van der Waals surface area (Å²) >= 11 is 6.25. The number of nitrogens with zero attached hydrogens (tertiary/aromatic N) is 1. The summed E-state index contributed by atoms with van der Waals surface area (Å²) in [5, 5.41) is 2.92. The van der Waals surface area contributed by atoms with Crippen molar-refractivity contribution in [2.75, 3.05) is 30.4 Å². The molecule has 1 N–H and O–H groups in total. The summed E-state index contributed by atoms with van der Waals surface area (Å²) in [5.41, 5.74) is 1.49. The number of sulfonamides is 1. The first-order valence-electron chi connectivity index (χ1n) is 9.62. The number of aryl methyl sites for hydroxylation is 1. The number of ether oxygens (including phenoxy) is 2. The van der Waals surface area contributed by atoms with Gasteiger partial charge in [-0.1, -0.05) is 35.9 Å². The lowest BCUT2D eigenvalue weighted by molar-refractivity contribution is -0.114. The van der Waals surface area contributed by atoms with Crippen LogP contribution < -0.4 is 19.1 Å². The fourth-order valence-corrected chi connectivity index (χ4v) is 4.99. The molecule has 0 saturated heterocycles. The quantitative estimate of drug-likeness (QED) is 0.519. The second kappa shape index (κ2) is 9.93. The predicted molar refractivity (Wildman–Crippen MR) is 125 cm³/mol. The standard InChI is InChI=1S/C23H23ClN2O5S/c1-16-9-11-21(31-3)22(13-16)32(28,29)26(18-10-12-20(30-2)19(24)14-18)15-23(27)25-17-7-5-4-6-8-17/h4-14H,15H2,1-3H3,(H,25,27). The lowest BCUT2D eigenvalue weighted by Gasteiger charge is -2.25. The molecular weight excluding hydrogens is 452 g/mol. The molecule has 168 valence electrons. The highest BCUT2D eigenvalue weighted by atomic mass is 35.5. The summed E-state index contributed by atoms with van der Waals surface area (Å²) in [6, 6.07) is 18.1. The van der Waals surface area contributed by atoms with Crippen molar-refractivity contribution < 1.29 is 22.7 Å². The molecule has 0 aliphatic rings. The maximum absolute atomic E-state index is 13.7. The molecule has 0 spiro atoms. The molecular formula is C23H23ClN2O5S. The Kier molecular flexibility index (Phi) is 7.27. The summed E-state index contributed by atoms with van der Waals surface area (Å²) < 4.78 is 38.9. The molecule has 0 heterocycles. The average molecular weight is 475 g/mol. The van der Waals surface area contributed by atoms with Crippen LogP contribution in [0.15, 0.2) is 71.6 Å². The van der Waals surface area contributed by atoms with Gasteiger partial charge in [0, 0.05) is 5.69 Å². The highest BCUT2D eigenvalue weighted by Gasteiger charge is 2.30. The van der Waals surface area contributed by atoms with Crippen molar-refractivity contribution in [1.29, 1.82) is 0 Å². The number of benzene rings is 3. The van der Waals surface area contributed by atoms with E-state index in [1.54, 1.807) is 49.4 Å². The summed E-state index contributed by atoms with van der Waals surface area (Å²) in [7, 11) is -1.35. The van der Waals surface area contributed by atoms with Crippen molar-refractivity contribution in [3.05, 3.63) is 77.3 Å². The third-order valence-corrected chi connectivity index (χ3v) is 6.75. The van der Waals surface area contributed by atoms with Crippen LogP contribution in [0.2, 0.25) is 5.02 Å². The van der Waals surface area contributed by atoms with Gasteiger partial charge in [0.25, 0.3) is 10.0 Å². The number of carbonyl (C=O) groups is 1. The molecule has 0 unspecified atom stereocenters. The molecule has 0 aliphatic carbocycles. The molecule has 0 aliphatic heterocycles. The van der Waals surface area contributed by atoms with Crippen molar-refractivity contribution in [3.63, 3.8) is 0 Å². The van der Waals surface area contributed by atoms with Gasteiger partial charge in [0.05, 0.1) is 24.9 Å². The van der Waals surface area contributed by atoms with Crippen molar-refractivity contribution in [3.8, 4) is 11.5 Å². The zero-order valence-electron chi connectivity index (χ0n) is 17.8. The number of halogens is 1. The third-order valence-electron chi connectivity index (χ3n) is 4.66. The van der Waals surface area contributed by atoms with Gasteiger partial charge in [0.2, 0.25) is 5.91 Å². The SMILES string of the molecule is COc1ccc(N(CC(=O)Nc2ccccc2)S(=O)(=O)c2cc(C)ccc2OC)cc1Cl. The van der Waals surface area contributed by atoms with E-state index in [2.05, 4.69) is 5.32 Å². The van der Waals surface area contributed by atoms with Crippen LogP contribution in [0.3, 0.4) is 0 Å². The molecule has 32 heavy (non-hydrogen) atoms. The maximum Gasteiger partial charge on any atom is 0.268 e. The first kappa shape index (κ1) is 23.4. The Morgan fingerprint density at radius 2 is 1.62 bits per heavy atom. The minimum atomic E-state index is -4.20. The van der Waals surface area contributed by atoms with Gasteiger partial charge in [-0.3, -0.25) is 9.10 Å². The minimum Gasteiger partial charge on any atom is -0.495 e. The smallest absolute Gasteiger partial charge is 0.268 e. The maximum atomic E-state index is 13.7. The predicted octanol–water partition coefficient (Wildman–Crippen LogP) is 4.50. The van der Waals surface area contributed by atoms with Crippen LogP contribution in [-0.4, -0.2) is 35.1 Å². The lowest BCUT2D eigenvalue weighted by atomic mass is 10.2. The first-order chi connectivity index (χ1) is 15.3. The van der Waals surface area contributed by atoms with E-state index in [9.17, 15) is 13.2 Å². The van der Waals surface area contributed by atoms with Gasteiger partial charge in [0.1, 0.15) is 22.9 Å². The second-order valence-corrected chi connectivity index (χ2v) is 9.14. The number of amides is 1. The lowest BCUT2D eigenvalue weighted by Crippen LogP contribution is -2.38. The van der Waals surface area contributed by atoms with E-state index in [1.165, 1.54) is 32.4 Å². The van der Waals surface area contributed by atoms with Crippen molar-refractivity contribution >= 4 is 38.9 Å². The number of nitrogens with one attached hydrogen (secondary N) is 1. The highest BCUT2D eigenvalue weighted by molar-refractivity contribution is 7.93. The molecule has 0 fully saturated rings. The summed E-state index contributed by atoms with van der Waals surface area (Å²) in [6.07, 6.45) is 0. The molecule has 3 rings (SSSR count). The Labute approximate surface area is 192 Å². The van der Waals surface area contributed by atoms with Crippen molar-refractivity contribution in [2.45, 2.75) is 11.8 Å². The van der Waals surface area contributed by atoms with Crippen LogP contribution >= 0.6 is 11.6 Å². The van der Waals surface area contributed by atoms with E-state index >= 15 is 0 Å². The fourth-order valence-electron chi connectivity index (χ4n) is 3.08. The van der Waals surface area contributed by atoms with Crippen LogP contribution in [0.25, 0.3) is 0 Å². The Balaban J connectivity index is 2.06. The highest BCUT2D eigenvalue weighted by Crippen LogP contribution is 2.34. The molecule has 9 heteroatoms. The zero-order chi connectivity index (χ0) is 23.3. The first-order valence-corrected chi connectivity index (χ1v) is 11.4. The van der Waals surface area contributed by atoms with Crippen LogP contribution in [0.5, 0.6) is 11.5 Å². The van der Waals surface area contributed by atoms with Gasteiger partial charge < -0.3 is 14.8 Å². The topological polar surface area (TPSA) is 84.9 Å². The number of para-hydroxylation sites is 1. The summed E-state index contributed by atoms with van der Waals surface area (Å²) in [5.74, 6) is 0.0386. The van der Waals surface area contributed by atoms with Crippen LogP contribution in [0.1, 0.15) is 5.56 Å². The molecule has 3 aromatic carbocycles. The molecule has 0 bridgehead atoms. The monoisotopic (exact) mass is 474 g/mol. The Morgan fingerprint density at radius 3 is 2.25 bits per heavy atom. The van der Waals surface area contributed by atoms with E-state index in [1.807, 2.05) is 6.07 Å². The van der Waals surface area contributed by atoms with E-state index in [0.717, 1.165) is 9.87 Å². The normalized spacial score (nSPS) is 11.0. The fraction of sp³-hybridized carbons (Fsp3) is 0.174. The van der Waals surface area contributed by atoms with E-state index in [-0.39, 0.29) is 21.4 Å². The number of rotatable bonds is 8. The van der Waals surface area contributed by atoms with Gasteiger partial charge >= 0.3 is 0 Å². The van der Waals surface area contributed by atoms with Crippen LogP contribution in [-0.2, 0) is 14.8 Å². The van der Waals surface area contributed by atoms with Gasteiger partial charge in [-0.05, 0) is 55.0 Å². The number of anilines is 2. The molecule has 3 aromatic rings. The molecule has 0 atom stereocenters. The minimum absolute atomic E-state index is 0.0561. The Bertz CT molecular complexity index is 1220. The Morgan fingerprint density at radius 1 is 0.969 bits per heavy atom. The molecule has 0 saturated carbocycles. The van der Waals surface area contributed by atoms with Crippen LogP contribution in [0.4, 0.5) is 11.4 Å². The summed E-state index contributed by atoms with van der Waals surface area (Å²) in [6.45, 7) is 1.30. The van der Waals surface area contributed by atoms with E-state index in [4.69, 9.17) is 21.1 Å². The van der Waals surface area contributed by atoms with Crippen LogP contribution in [0, 0.1) is 6.92 Å². The van der Waals surface area contributed by atoms with Gasteiger partial charge in [-0.15, -0.1) is 0 Å².